The van der Waals surface area contributed by atoms with Crippen LogP contribution < -0.4 is 4.74 Å². The molecule has 0 saturated heterocycles. The van der Waals surface area contributed by atoms with E-state index < -0.39 is 11.6 Å². The molecule has 116 valence electrons. The maximum Gasteiger partial charge on any atom is 0.162 e. The summed E-state index contributed by atoms with van der Waals surface area (Å²) in [6.07, 6.45) is 3.74. The predicted molar refractivity (Wildman–Crippen MR) is 85.5 cm³/mol. The lowest BCUT2D eigenvalue weighted by molar-refractivity contribution is 0.302. The molecule has 23 heavy (non-hydrogen) atoms. The summed E-state index contributed by atoms with van der Waals surface area (Å²) in [5.74, 6) is -1.37. The Morgan fingerprint density at radius 2 is 1.83 bits per heavy atom. The second kappa shape index (κ2) is 5.30. The van der Waals surface area contributed by atoms with Gasteiger partial charge in [-0.05, 0) is 43.0 Å². The van der Waals surface area contributed by atoms with Gasteiger partial charge in [0.1, 0.15) is 5.75 Å². The zero-order valence-electron chi connectivity index (χ0n) is 12.6. The molecule has 0 spiro atoms. The smallest absolute Gasteiger partial charge is 0.162 e. The molecular weight excluding hydrogens is 296 g/mol. The average Bonchev–Trinajstić information content (AvgIpc) is 3.36. The number of hydrogen-bond donors (Lipinski definition) is 0. The molecule has 0 radical (unpaired) electrons. The van der Waals surface area contributed by atoms with Crippen LogP contribution in [-0.2, 0) is 0 Å². The largest absolute Gasteiger partial charge is 0.490 e. The number of halogens is 2. The molecule has 1 aliphatic rings. The average molecular weight is 311 g/mol. The van der Waals surface area contributed by atoms with Crippen LogP contribution in [0.5, 0.6) is 5.75 Å². The standard InChI is InChI=1S/C19H15F2NO/c1-11-4-7-13(14-3-2-8-22-19(11)14)15-9-16(20)17(21)10-18(15)23-12-5-6-12/h2-4,7-10,12H,5-6H2,1H3. The highest BCUT2D eigenvalue weighted by Gasteiger charge is 2.26. The highest BCUT2D eigenvalue weighted by molar-refractivity contribution is 5.97. The van der Waals surface area contributed by atoms with Gasteiger partial charge in [0.05, 0.1) is 11.6 Å². The molecular formula is C19H15F2NO. The first-order valence-corrected chi connectivity index (χ1v) is 7.64. The van der Waals surface area contributed by atoms with Crippen LogP contribution >= 0.6 is 0 Å². The summed E-state index contributed by atoms with van der Waals surface area (Å²) in [6, 6.07) is 9.98. The second-order valence-corrected chi connectivity index (χ2v) is 5.91. The van der Waals surface area contributed by atoms with E-state index in [2.05, 4.69) is 4.98 Å². The molecule has 0 bridgehead atoms. The second-order valence-electron chi connectivity index (χ2n) is 5.91. The Bertz CT molecular complexity index is 903. The van der Waals surface area contributed by atoms with Gasteiger partial charge in [0.15, 0.2) is 11.6 Å². The van der Waals surface area contributed by atoms with Crippen molar-refractivity contribution in [2.75, 3.05) is 0 Å². The van der Waals surface area contributed by atoms with Crippen molar-refractivity contribution in [2.24, 2.45) is 0 Å². The van der Waals surface area contributed by atoms with Crippen molar-refractivity contribution in [1.29, 1.82) is 0 Å². The van der Waals surface area contributed by atoms with Gasteiger partial charge in [0.2, 0.25) is 0 Å². The Hall–Kier alpha value is -2.49. The van der Waals surface area contributed by atoms with Crippen molar-refractivity contribution in [3.8, 4) is 16.9 Å². The zero-order valence-corrected chi connectivity index (χ0v) is 12.6. The van der Waals surface area contributed by atoms with E-state index in [0.717, 1.165) is 40.9 Å². The van der Waals surface area contributed by atoms with Crippen molar-refractivity contribution in [1.82, 2.24) is 4.98 Å². The highest BCUT2D eigenvalue weighted by atomic mass is 19.2. The van der Waals surface area contributed by atoms with Gasteiger partial charge in [-0.15, -0.1) is 0 Å². The number of pyridine rings is 1. The molecule has 0 atom stereocenters. The molecule has 1 heterocycles. The third-order valence-electron chi connectivity index (χ3n) is 4.10. The van der Waals surface area contributed by atoms with E-state index >= 15 is 0 Å². The molecule has 2 nitrogen and oxygen atoms in total. The first-order valence-electron chi connectivity index (χ1n) is 7.64. The number of aryl methyl sites for hydroxylation is 1. The minimum atomic E-state index is -0.890. The van der Waals surface area contributed by atoms with Crippen LogP contribution in [0.3, 0.4) is 0 Å². The summed E-state index contributed by atoms with van der Waals surface area (Å²) in [5, 5.41) is 0.902. The van der Waals surface area contributed by atoms with Crippen molar-refractivity contribution in [3.05, 3.63) is 59.8 Å². The molecule has 1 saturated carbocycles. The van der Waals surface area contributed by atoms with Crippen molar-refractivity contribution in [3.63, 3.8) is 0 Å². The Labute approximate surface area is 132 Å². The third kappa shape index (κ3) is 2.54. The number of nitrogens with zero attached hydrogens (tertiary/aromatic N) is 1. The zero-order chi connectivity index (χ0) is 16.0. The molecule has 1 aliphatic carbocycles. The Morgan fingerprint density at radius 3 is 2.61 bits per heavy atom. The molecule has 2 aromatic carbocycles. The Balaban J connectivity index is 1.96. The van der Waals surface area contributed by atoms with Gasteiger partial charge in [-0.3, -0.25) is 4.98 Å². The summed E-state index contributed by atoms with van der Waals surface area (Å²) in [4.78, 5) is 4.40. The molecule has 0 N–H and O–H groups in total. The number of benzene rings is 2. The van der Waals surface area contributed by atoms with E-state index in [-0.39, 0.29) is 6.10 Å². The van der Waals surface area contributed by atoms with Crippen LogP contribution in [0.1, 0.15) is 18.4 Å². The molecule has 1 fully saturated rings. The number of ether oxygens (including phenoxy) is 1. The van der Waals surface area contributed by atoms with Crippen LogP contribution in [0.25, 0.3) is 22.0 Å². The van der Waals surface area contributed by atoms with Crippen LogP contribution in [0.4, 0.5) is 8.78 Å². The van der Waals surface area contributed by atoms with Crippen LogP contribution in [0.2, 0.25) is 0 Å². The summed E-state index contributed by atoms with van der Waals surface area (Å²) in [7, 11) is 0. The summed E-state index contributed by atoms with van der Waals surface area (Å²) in [5.41, 5.74) is 3.26. The highest BCUT2D eigenvalue weighted by Crippen LogP contribution is 2.39. The summed E-state index contributed by atoms with van der Waals surface area (Å²) >= 11 is 0. The lowest BCUT2D eigenvalue weighted by Gasteiger charge is -2.14. The minimum absolute atomic E-state index is 0.105. The number of aromatic nitrogens is 1. The maximum absolute atomic E-state index is 13.8. The van der Waals surface area contributed by atoms with Gasteiger partial charge in [-0.1, -0.05) is 18.2 Å². The van der Waals surface area contributed by atoms with Crippen molar-refractivity contribution >= 4 is 10.9 Å². The third-order valence-corrected chi connectivity index (χ3v) is 4.10. The lowest BCUT2D eigenvalue weighted by atomic mass is 9.97. The molecule has 0 unspecified atom stereocenters. The Morgan fingerprint density at radius 1 is 1.04 bits per heavy atom. The molecule has 3 aromatic rings. The quantitative estimate of drug-likeness (QED) is 0.677. The van der Waals surface area contributed by atoms with Gasteiger partial charge in [0.25, 0.3) is 0 Å². The van der Waals surface area contributed by atoms with Gasteiger partial charge in [-0.25, -0.2) is 8.78 Å². The lowest BCUT2D eigenvalue weighted by Crippen LogP contribution is -2.00. The van der Waals surface area contributed by atoms with E-state index in [4.69, 9.17) is 4.74 Å². The summed E-state index contributed by atoms with van der Waals surface area (Å²) < 4.78 is 33.3. The molecule has 0 amide bonds. The minimum Gasteiger partial charge on any atom is -0.490 e. The maximum atomic E-state index is 13.8. The van der Waals surface area contributed by atoms with Gasteiger partial charge in [0, 0.05) is 23.2 Å². The van der Waals surface area contributed by atoms with Crippen LogP contribution in [-0.4, -0.2) is 11.1 Å². The number of hydrogen-bond acceptors (Lipinski definition) is 2. The molecule has 4 heteroatoms. The van der Waals surface area contributed by atoms with Gasteiger partial charge < -0.3 is 4.74 Å². The first-order chi connectivity index (χ1) is 11.1. The molecule has 1 aromatic heterocycles. The van der Waals surface area contributed by atoms with E-state index in [1.54, 1.807) is 6.20 Å². The summed E-state index contributed by atoms with van der Waals surface area (Å²) in [6.45, 7) is 1.98. The monoisotopic (exact) mass is 311 g/mol. The fourth-order valence-corrected chi connectivity index (χ4v) is 2.75. The topological polar surface area (TPSA) is 22.1 Å². The molecule has 4 rings (SSSR count). The van der Waals surface area contributed by atoms with E-state index in [0.29, 0.717) is 11.3 Å². The van der Waals surface area contributed by atoms with E-state index in [1.807, 2.05) is 31.2 Å². The van der Waals surface area contributed by atoms with Gasteiger partial charge in [-0.2, -0.15) is 0 Å². The predicted octanol–water partition coefficient (Wildman–Crippen LogP) is 5.03. The molecule has 0 aliphatic heterocycles. The Kier molecular flexibility index (Phi) is 3.26. The van der Waals surface area contributed by atoms with Crippen molar-refractivity contribution in [2.45, 2.75) is 25.9 Å². The van der Waals surface area contributed by atoms with Crippen LogP contribution in [0.15, 0.2) is 42.6 Å². The van der Waals surface area contributed by atoms with E-state index in [1.165, 1.54) is 6.07 Å². The number of fused-ring (bicyclic) bond motifs is 1. The first kappa shape index (κ1) is 14.1. The van der Waals surface area contributed by atoms with E-state index in [9.17, 15) is 8.78 Å². The SMILES string of the molecule is Cc1ccc(-c2cc(F)c(F)cc2OC2CC2)c2cccnc12. The van der Waals surface area contributed by atoms with Gasteiger partial charge >= 0.3 is 0 Å². The fraction of sp³-hybridized carbons (Fsp3) is 0.211. The normalized spacial score (nSPS) is 14.2. The van der Waals surface area contributed by atoms with Crippen LogP contribution in [0, 0.1) is 18.6 Å². The number of rotatable bonds is 3. The van der Waals surface area contributed by atoms with Crippen molar-refractivity contribution < 1.29 is 13.5 Å². The fourth-order valence-electron chi connectivity index (χ4n) is 2.75.